The van der Waals surface area contributed by atoms with Crippen LogP contribution in [0.3, 0.4) is 0 Å². The molecule has 1 rings (SSSR count). The van der Waals surface area contributed by atoms with Gasteiger partial charge in [-0.25, -0.2) is 0 Å². The van der Waals surface area contributed by atoms with Gasteiger partial charge in [-0.2, -0.15) is 0 Å². The maximum absolute atomic E-state index is 5.00. The minimum absolute atomic E-state index is 0.388. The van der Waals surface area contributed by atoms with Gasteiger partial charge in [0.25, 0.3) is 0 Å². The summed E-state index contributed by atoms with van der Waals surface area (Å²) >= 11 is 3.48. The number of halogens is 1. The molecule has 1 atom stereocenters. The molecule has 1 aromatic carbocycles. The number of methoxy groups -OCH3 is 1. The van der Waals surface area contributed by atoms with Gasteiger partial charge in [0.2, 0.25) is 0 Å². The van der Waals surface area contributed by atoms with Crippen LogP contribution < -0.4 is 5.32 Å². The molecule has 0 aliphatic rings. The number of hydrogen-bond acceptors (Lipinski definition) is 2. The van der Waals surface area contributed by atoms with Crippen LogP contribution in [0.4, 0.5) is 0 Å². The molecule has 0 saturated carbocycles. The normalized spacial score (nSPS) is 12.7. The molecule has 1 aromatic rings. The fourth-order valence-electron chi connectivity index (χ4n) is 1.43. The highest BCUT2D eigenvalue weighted by molar-refractivity contribution is 9.10. The van der Waals surface area contributed by atoms with Crippen molar-refractivity contribution in [3.05, 3.63) is 34.3 Å². The maximum Gasteiger partial charge on any atom is 0.0474 e. The second kappa shape index (κ2) is 6.99. The van der Waals surface area contributed by atoms with Crippen LogP contribution in [0.2, 0.25) is 0 Å². The van der Waals surface area contributed by atoms with Crippen molar-refractivity contribution in [2.75, 3.05) is 20.3 Å². The topological polar surface area (TPSA) is 21.3 Å². The molecule has 0 aliphatic carbocycles. The molecule has 0 radical (unpaired) electrons. The summed E-state index contributed by atoms with van der Waals surface area (Å²) < 4.78 is 6.13. The van der Waals surface area contributed by atoms with Crippen molar-refractivity contribution in [3.63, 3.8) is 0 Å². The summed E-state index contributed by atoms with van der Waals surface area (Å²) in [7, 11) is 1.73. The van der Waals surface area contributed by atoms with Crippen LogP contribution in [0, 0.1) is 0 Å². The van der Waals surface area contributed by atoms with Gasteiger partial charge in [-0.05, 0) is 37.6 Å². The van der Waals surface area contributed by atoms with Crippen LogP contribution in [-0.4, -0.2) is 20.3 Å². The van der Waals surface area contributed by atoms with E-state index in [1.165, 1.54) is 5.56 Å². The molecule has 1 N–H and O–H groups in total. The average molecular weight is 272 g/mol. The molecular formula is C12H18BrNO. The fraction of sp³-hybridized carbons (Fsp3) is 0.500. The summed E-state index contributed by atoms with van der Waals surface area (Å²) in [5.74, 6) is 0. The van der Waals surface area contributed by atoms with Gasteiger partial charge in [-0.1, -0.05) is 28.1 Å². The molecule has 0 aromatic heterocycles. The standard InChI is InChI=1S/C12H18BrNO/c1-10(14-7-4-8-15-2)11-5-3-6-12(13)9-11/h3,5-6,9-10,14H,4,7-8H2,1-2H3/t10-/m1/s1. The van der Waals surface area contributed by atoms with Gasteiger partial charge in [0.05, 0.1) is 0 Å². The number of benzene rings is 1. The third kappa shape index (κ3) is 4.78. The molecule has 0 heterocycles. The molecule has 0 aliphatic heterocycles. The molecule has 0 unspecified atom stereocenters. The van der Waals surface area contributed by atoms with Gasteiger partial charge in [0.15, 0.2) is 0 Å². The van der Waals surface area contributed by atoms with Crippen LogP contribution >= 0.6 is 15.9 Å². The predicted molar refractivity (Wildman–Crippen MR) is 67.1 cm³/mol. The van der Waals surface area contributed by atoms with Crippen molar-refractivity contribution < 1.29 is 4.74 Å². The Hall–Kier alpha value is -0.380. The Morgan fingerprint density at radius 1 is 1.47 bits per heavy atom. The number of rotatable bonds is 6. The summed E-state index contributed by atoms with van der Waals surface area (Å²) in [6, 6.07) is 8.78. The lowest BCUT2D eigenvalue weighted by atomic mass is 10.1. The highest BCUT2D eigenvalue weighted by Gasteiger charge is 2.03. The Morgan fingerprint density at radius 2 is 2.27 bits per heavy atom. The Balaban J connectivity index is 2.36. The van der Waals surface area contributed by atoms with Crippen molar-refractivity contribution in [3.8, 4) is 0 Å². The van der Waals surface area contributed by atoms with E-state index in [2.05, 4.69) is 46.4 Å². The van der Waals surface area contributed by atoms with Crippen molar-refractivity contribution >= 4 is 15.9 Å². The largest absolute Gasteiger partial charge is 0.385 e. The highest BCUT2D eigenvalue weighted by Crippen LogP contribution is 2.17. The van der Waals surface area contributed by atoms with Crippen molar-refractivity contribution in [1.82, 2.24) is 5.32 Å². The smallest absolute Gasteiger partial charge is 0.0474 e. The molecule has 84 valence electrons. The Bertz CT molecular complexity index is 291. The predicted octanol–water partition coefficient (Wildman–Crippen LogP) is 3.14. The van der Waals surface area contributed by atoms with E-state index in [1.807, 2.05) is 6.07 Å². The number of nitrogens with one attached hydrogen (secondary N) is 1. The SMILES string of the molecule is COCCCN[C@H](C)c1cccc(Br)c1. The van der Waals surface area contributed by atoms with Crippen molar-refractivity contribution in [2.24, 2.45) is 0 Å². The Labute approximate surface area is 100 Å². The van der Waals surface area contributed by atoms with E-state index in [9.17, 15) is 0 Å². The zero-order valence-corrected chi connectivity index (χ0v) is 10.9. The van der Waals surface area contributed by atoms with E-state index in [1.54, 1.807) is 7.11 Å². The van der Waals surface area contributed by atoms with E-state index in [-0.39, 0.29) is 0 Å². The summed E-state index contributed by atoms with van der Waals surface area (Å²) in [5, 5.41) is 3.46. The Kier molecular flexibility index (Phi) is 5.91. The van der Waals surface area contributed by atoms with Crippen LogP contribution in [0.1, 0.15) is 24.9 Å². The molecule has 3 heteroatoms. The monoisotopic (exact) mass is 271 g/mol. The molecular weight excluding hydrogens is 254 g/mol. The summed E-state index contributed by atoms with van der Waals surface area (Å²) in [4.78, 5) is 0. The van der Waals surface area contributed by atoms with E-state index < -0.39 is 0 Å². The lowest BCUT2D eigenvalue weighted by Crippen LogP contribution is -2.20. The van der Waals surface area contributed by atoms with Crippen LogP contribution in [0.5, 0.6) is 0 Å². The fourth-order valence-corrected chi connectivity index (χ4v) is 1.85. The van der Waals surface area contributed by atoms with Crippen LogP contribution in [-0.2, 0) is 4.74 Å². The first-order valence-corrected chi connectivity index (χ1v) is 6.01. The highest BCUT2D eigenvalue weighted by atomic mass is 79.9. The van der Waals surface area contributed by atoms with Gasteiger partial charge >= 0.3 is 0 Å². The molecule has 0 amide bonds. The van der Waals surface area contributed by atoms with Crippen molar-refractivity contribution in [1.29, 1.82) is 0 Å². The maximum atomic E-state index is 5.00. The average Bonchev–Trinajstić information content (AvgIpc) is 2.24. The van der Waals surface area contributed by atoms with Crippen molar-refractivity contribution in [2.45, 2.75) is 19.4 Å². The number of hydrogen-bond donors (Lipinski definition) is 1. The third-order valence-corrected chi connectivity index (χ3v) is 2.82. The minimum Gasteiger partial charge on any atom is -0.385 e. The minimum atomic E-state index is 0.388. The van der Waals surface area contributed by atoms with Crippen LogP contribution in [0.25, 0.3) is 0 Å². The van der Waals surface area contributed by atoms with Gasteiger partial charge in [-0.15, -0.1) is 0 Å². The quantitative estimate of drug-likeness (QED) is 0.803. The van der Waals surface area contributed by atoms with Gasteiger partial charge < -0.3 is 10.1 Å². The van der Waals surface area contributed by atoms with Gasteiger partial charge in [0.1, 0.15) is 0 Å². The van der Waals surface area contributed by atoms with E-state index in [0.29, 0.717) is 6.04 Å². The lowest BCUT2D eigenvalue weighted by molar-refractivity contribution is 0.193. The van der Waals surface area contributed by atoms with E-state index in [4.69, 9.17) is 4.74 Å². The Morgan fingerprint density at radius 3 is 2.93 bits per heavy atom. The third-order valence-electron chi connectivity index (χ3n) is 2.32. The van der Waals surface area contributed by atoms with Crippen LogP contribution in [0.15, 0.2) is 28.7 Å². The van der Waals surface area contributed by atoms with E-state index in [0.717, 1.165) is 24.0 Å². The number of ether oxygens (including phenoxy) is 1. The van der Waals surface area contributed by atoms with Gasteiger partial charge in [0, 0.05) is 24.2 Å². The molecule has 0 spiro atoms. The second-order valence-corrected chi connectivity index (χ2v) is 4.49. The summed E-state index contributed by atoms with van der Waals surface area (Å²) in [6.07, 6.45) is 1.05. The molecule has 15 heavy (non-hydrogen) atoms. The van der Waals surface area contributed by atoms with E-state index >= 15 is 0 Å². The second-order valence-electron chi connectivity index (χ2n) is 3.58. The summed E-state index contributed by atoms with van der Waals surface area (Å²) in [5.41, 5.74) is 1.31. The first-order valence-electron chi connectivity index (χ1n) is 5.22. The molecule has 0 saturated heterocycles. The zero-order valence-electron chi connectivity index (χ0n) is 9.29. The first kappa shape index (κ1) is 12.7. The molecule has 0 bridgehead atoms. The molecule has 2 nitrogen and oxygen atoms in total. The molecule has 0 fully saturated rings. The summed E-state index contributed by atoms with van der Waals surface area (Å²) in [6.45, 7) is 3.98. The first-order chi connectivity index (χ1) is 7.24. The zero-order chi connectivity index (χ0) is 11.1. The lowest BCUT2D eigenvalue weighted by Gasteiger charge is -2.14. The van der Waals surface area contributed by atoms with Gasteiger partial charge in [-0.3, -0.25) is 0 Å².